The zero-order valence-corrected chi connectivity index (χ0v) is 14.6. The number of benzene rings is 2. The van der Waals surface area contributed by atoms with Crippen molar-refractivity contribution in [3.8, 4) is 0 Å². The Morgan fingerprint density at radius 2 is 1.62 bits per heavy atom. The predicted octanol–water partition coefficient (Wildman–Crippen LogP) is 3.51. The lowest BCUT2D eigenvalue weighted by atomic mass is 10.1. The van der Waals surface area contributed by atoms with E-state index in [1.165, 1.54) is 11.1 Å². The van der Waals surface area contributed by atoms with Crippen LogP contribution >= 0.6 is 0 Å². The van der Waals surface area contributed by atoms with Crippen molar-refractivity contribution in [1.82, 2.24) is 10.2 Å². The van der Waals surface area contributed by atoms with Crippen LogP contribution in [0.2, 0.25) is 0 Å². The van der Waals surface area contributed by atoms with Crippen LogP contribution < -0.4 is 5.32 Å². The maximum absolute atomic E-state index is 11.0. The minimum atomic E-state index is -0.890. The Morgan fingerprint density at radius 3 is 2.25 bits per heavy atom. The highest BCUT2D eigenvalue weighted by Crippen LogP contribution is 2.10. The minimum absolute atomic E-state index is 0.327. The molecule has 0 unspecified atom stereocenters. The van der Waals surface area contributed by atoms with Crippen molar-refractivity contribution < 1.29 is 9.90 Å². The summed E-state index contributed by atoms with van der Waals surface area (Å²) in [5, 5.41) is 12.4. The van der Waals surface area contributed by atoms with Crippen LogP contribution in [0, 0.1) is 0 Å². The summed E-state index contributed by atoms with van der Waals surface area (Å²) in [7, 11) is 2.13. The molecule has 0 radical (unpaired) electrons. The summed E-state index contributed by atoms with van der Waals surface area (Å²) in [5.41, 5.74) is 3.84. The topological polar surface area (TPSA) is 52.6 Å². The number of carbonyl (C=O) groups is 1. The average molecular weight is 326 g/mol. The van der Waals surface area contributed by atoms with Crippen LogP contribution in [0.5, 0.6) is 0 Å². The summed E-state index contributed by atoms with van der Waals surface area (Å²) < 4.78 is 0. The Labute approximate surface area is 144 Å². The van der Waals surface area contributed by atoms with Crippen LogP contribution in [0.25, 0.3) is 0 Å². The van der Waals surface area contributed by atoms with Crippen LogP contribution in [0.15, 0.2) is 48.5 Å². The predicted molar refractivity (Wildman–Crippen MR) is 97.0 cm³/mol. The van der Waals surface area contributed by atoms with Gasteiger partial charge in [0.15, 0.2) is 0 Å². The fourth-order valence-corrected chi connectivity index (χ4v) is 2.47. The number of hydrogen-bond acceptors (Lipinski definition) is 3. The summed E-state index contributed by atoms with van der Waals surface area (Å²) in [6.45, 7) is 6.73. The molecule has 24 heavy (non-hydrogen) atoms. The van der Waals surface area contributed by atoms with Gasteiger partial charge in [0, 0.05) is 25.7 Å². The van der Waals surface area contributed by atoms with Gasteiger partial charge in [-0.15, -0.1) is 0 Å². The van der Waals surface area contributed by atoms with E-state index in [0.29, 0.717) is 18.2 Å². The number of hydrogen-bond donors (Lipinski definition) is 2. The Bertz CT molecular complexity index is 683. The highest BCUT2D eigenvalue weighted by molar-refractivity contribution is 5.87. The van der Waals surface area contributed by atoms with Crippen molar-refractivity contribution >= 4 is 5.97 Å². The number of carboxylic acids is 1. The highest BCUT2D eigenvalue weighted by Gasteiger charge is 2.05. The zero-order valence-electron chi connectivity index (χ0n) is 14.6. The molecule has 4 heteroatoms. The molecule has 0 aliphatic rings. The van der Waals surface area contributed by atoms with E-state index in [9.17, 15) is 4.79 Å². The Kier molecular flexibility index (Phi) is 6.53. The first kappa shape index (κ1) is 18.2. The molecule has 0 saturated carbocycles. The largest absolute Gasteiger partial charge is 0.478 e. The molecule has 0 fully saturated rings. The maximum atomic E-state index is 11.0. The van der Waals surface area contributed by atoms with Gasteiger partial charge in [-0.2, -0.15) is 0 Å². The second-order valence-corrected chi connectivity index (χ2v) is 6.44. The normalized spacial score (nSPS) is 11.2. The summed E-state index contributed by atoms with van der Waals surface area (Å²) in [4.78, 5) is 13.3. The van der Waals surface area contributed by atoms with Crippen molar-refractivity contribution in [2.45, 2.75) is 39.5 Å². The SMILES string of the molecule is CC(C)N(C)Cc1cccc(CNCc2cccc(C(=O)O)c2)c1. The summed E-state index contributed by atoms with van der Waals surface area (Å²) in [6, 6.07) is 16.1. The van der Waals surface area contributed by atoms with Crippen LogP contribution in [-0.2, 0) is 19.6 Å². The van der Waals surface area contributed by atoms with Gasteiger partial charge in [-0.1, -0.05) is 36.4 Å². The zero-order chi connectivity index (χ0) is 17.5. The van der Waals surface area contributed by atoms with Crippen molar-refractivity contribution in [2.24, 2.45) is 0 Å². The van der Waals surface area contributed by atoms with Gasteiger partial charge in [-0.3, -0.25) is 4.90 Å². The Hall–Kier alpha value is -2.17. The van der Waals surface area contributed by atoms with E-state index >= 15 is 0 Å². The fourth-order valence-electron chi connectivity index (χ4n) is 2.47. The van der Waals surface area contributed by atoms with Gasteiger partial charge < -0.3 is 10.4 Å². The number of nitrogens with one attached hydrogen (secondary N) is 1. The first-order chi connectivity index (χ1) is 11.5. The summed E-state index contributed by atoms with van der Waals surface area (Å²) in [5.74, 6) is -0.890. The quantitative estimate of drug-likeness (QED) is 0.779. The maximum Gasteiger partial charge on any atom is 0.335 e. The fraction of sp³-hybridized carbons (Fsp3) is 0.350. The van der Waals surface area contributed by atoms with E-state index in [4.69, 9.17) is 5.11 Å². The smallest absolute Gasteiger partial charge is 0.335 e. The number of aromatic carboxylic acids is 1. The third-order valence-corrected chi connectivity index (χ3v) is 4.14. The molecule has 128 valence electrons. The lowest BCUT2D eigenvalue weighted by Gasteiger charge is -2.21. The molecule has 0 aromatic heterocycles. The van der Waals surface area contributed by atoms with Crippen molar-refractivity contribution in [3.05, 3.63) is 70.8 Å². The minimum Gasteiger partial charge on any atom is -0.478 e. The van der Waals surface area contributed by atoms with E-state index in [-0.39, 0.29) is 0 Å². The molecule has 0 spiro atoms. The van der Waals surface area contributed by atoms with Gasteiger partial charge in [0.05, 0.1) is 5.56 Å². The first-order valence-corrected chi connectivity index (χ1v) is 8.26. The van der Waals surface area contributed by atoms with Gasteiger partial charge in [0.2, 0.25) is 0 Å². The molecule has 0 atom stereocenters. The monoisotopic (exact) mass is 326 g/mol. The van der Waals surface area contributed by atoms with Gasteiger partial charge in [-0.05, 0) is 49.7 Å². The van der Waals surface area contributed by atoms with Gasteiger partial charge in [0.25, 0.3) is 0 Å². The van der Waals surface area contributed by atoms with E-state index in [1.807, 2.05) is 6.07 Å². The molecule has 0 saturated heterocycles. The van der Waals surface area contributed by atoms with Crippen LogP contribution in [0.4, 0.5) is 0 Å². The van der Waals surface area contributed by atoms with E-state index < -0.39 is 5.97 Å². The second-order valence-electron chi connectivity index (χ2n) is 6.44. The average Bonchev–Trinajstić information content (AvgIpc) is 2.55. The lowest BCUT2D eigenvalue weighted by molar-refractivity contribution is 0.0696. The molecule has 2 rings (SSSR count). The number of carboxylic acid groups (broad SMARTS) is 1. The molecular formula is C20H26N2O2. The van der Waals surface area contributed by atoms with Gasteiger partial charge >= 0.3 is 5.97 Å². The summed E-state index contributed by atoms with van der Waals surface area (Å²) >= 11 is 0. The molecule has 0 bridgehead atoms. The number of rotatable bonds is 8. The standard InChI is InChI=1S/C20H26N2O2/c1-15(2)22(3)14-18-8-4-6-16(10-18)12-21-13-17-7-5-9-19(11-17)20(23)24/h4-11,15,21H,12-14H2,1-3H3,(H,23,24). The molecule has 0 heterocycles. The van der Waals surface area contributed by atoms with E-state index in [0.717, 1.165) is 18.7 Å². The van der Waals surface area contributed by atoms with Crippen molar-refractivity contribution in [1.29, 1.82) is 0 Å². The van der Waals surface area contributed by atoms with Gasteiger partial charge in [-0.25, -0.2) is 4.79 Å². The molecular weight excluding hydrogens is 300 g/mol. The molecule has 0 amide bonds. The van der Waals surface area contributed by atoms with Gasteiger partial charge in [0.1, 0.15) is 0 Å². The van der Waals surface area contributed by atoms with Crippen molar-refractivity contribution in [2.75, 3.05) is 7.05 Å². The van der Waals surface area contributed by atoms with Crippen molar-refractivity contribution in [3.63, 3.8) is 0 Å². The molecule has 2 aromatic carbocycles. The molecule has 4 nitrogen and oxygen atoms in total. The third kappa shape index (κ3) is 5.48. The second kappa shape index (κ2) is 8.62. The molecule has 0 aliphatic carbocycles. The molecule has 2 N–H and O–H groups in total. The van der Waals surface area contributed by atoms with Crippen LogP contribution in [0.3, 0.4) is 0 Å². The molecule has 0 aliphatic heterocycles. The number of nitrogens with zero attached hydrogens (tertiary/aromatic N) is 1. The van der Waals surface area contributed by atoms with E-state index in [2.05, 4.69) is 55.4 Å². The Balaban J connectivity index is 1.90. The molecule has 2 aromatic rings. The van der Waals surface area contributed by atoms with E-state index in [1.54, 1.807) is 18.2 Å². The first-order valence-electron chi connectivity index (χ1n) is 8.26. The third-order valence-electron chi connectivity index (χ3n) is 4.14. The summed E-state index contributed by atoms with van der Waals surface area (Å²) in [6.07, 6.45) is 0. The van der Waals surface area contributed by atoms with Crippen LogP contribution in [-0.4, -0.2) is 29.1 Å². The highest BCUT2D eigenvalue weighted by atomic mass is 16.4. The Morgan fingerprint density at radius 1 is 1.04 bits per heavy atom. The lowest BCUT2D eigenvalue weighted by Crippen LogP contribution is -2.25. The van der Waals surface area contributed by atoms with Crippen LogP contribution in [0.1, 0.15) is 40.9 Å².